The van der Waals surface area contributed by atoms with Crippen molar-refractivity contribution in [3.05, 3.63) is 22.7 Å². The third-order valence-electron chi connectivity index (χ3n) is 2.31. The van der Waals surface area contributed by atoms with E-state index in [9.17, 15) is 0 Å². The lowest BCUT2D eigenvalue weighted by Crippen LogP contribution is -2.15. The van der Waals surface area contributed by atoms with E-state index in [4.69, 9.17) is 9.47 Å². The highest BCUT2D eigenvalue weighted by Crippen LogP contribution is 2.33. The Balaban J connectivity index is 2.14. The number of methoxy groups -OCH3 is 1. The molecule has 4 heteroatoms. The molecule has 0 spiro atoms. The van der Waals surface area contributed by atoms with Crippen LogP contribution in [0.4, 0.5) is 0 Å². The van der Waals surface area contributed by atoms with E-state index >= 15 is 0 Å². The first-order valence-corrected chi connectivity index (χ1v) is 6.82. The molecule has 1 aromatic carbocycles. The molecule has 1 saturated heterocycles. The van der Waals surface area contributed by atoms with Gasteiger partial charge in [0.1, 0.15) is 6.10 Å². The predicted molar refractivity (Wildman–Crippen MR) is 67.1 cm³/mol. The van der Waals surface area contributed by atoms with E-state index in [2.05, 4.69) is 15.9 Å². The topological polar surface area (TPSA) is 18.5 Å². The van der Waals surface area contributed by atoms with E-state index in [-0.39, 0.29) is 0 Å². The highest BCUT2D eigenvalue weighted by Gasteiger charge is 2.18. The lowest BCUT2D eigenvalue weighted by Gasteiger charge is -2.15. The quantitative estimate of drug-likeness (QED) is 0.850. The standard InChI is InChI=1S/C11H13BrO2S/c1-13-10-3-2-8(12)6-11(10)14-9-4-5-15-7-9/h2-3,6,9H,4-5,7H2,1H3. The Morgan fingerprint density at radius 2 is 2.27 bits per heavy atom. The maximum Gasteiger partial charge on any atom is 0.162 e. The van der Waals surface area contributed by atoms with Gasteiger partial charge in [0.25, 0.3) is 0 Å². The van der Waals surface area contributed by atoms with Gasteiger partial charge in [-0.1, -0.05) is 15.9 Å². The van der Waals surface area contributed by atoms with Crippen molar-refractivity contribution in [2.75, 3.05) is 18.6 Å². The van der Waals surface area contributed by atoms with Crippen molar-refractivity contribution in [3.63, 3.8) is 0 Å². The summed E-state index contributed by atoms with van der Waals surface area (Å²) in [5.74, 6) is 3.91. The second kappa shape index (κ2) is 5.12. The number of hydrogen-bond acceptors (Lipinski definition) is 3. The van der Waals surface area contributed by atoms with Crippen LogP contribution >= 0.6 is 27.7 Å². The third kappa shape index (κ3) is 2.82. The summed E-state index contributed by atoms with van der Waals surface area (Å²) in [7, 11) is 1.67. The van der Waals surface area contributed by atoms with Gasteiger partial charge in [0.05, 0.1) is 7.11 Å². The van der Waals surface area contributed by atoms with Gasteiger partial charge in [-0.3, -0.25) is 0 Å². The summed E-state index contributed by atoms with van der Waals surface area (Å²) in [6.07, 6.45) is 1.46. The summed E-state index contributed by atoms with van der Waals surface area (Å²) >= 11 is 5.38. The Morgan fingerprint density at radius 3 is 2.93 bits per heavy atom. The van der Waals surface area contributed by atoms with Crippen LogP contribution in [0.15, 0.2) is 22.7 Å². The fourth-order valence-electron chi connectivity index (χ4n) is 1.53. The first-order valence-electron chi connectivity index (χ1n) is 4.87. The maximum absolute atomic E-state index is 5.90. The minimum atomic E-state index is 0.332. The molecule has 0 amide bonds. The van der Waals surface area contributed by atoms with E-state index in [1.807, 2.05) is 30.0 Å². The molecule has 1 aromatic rings. The van der Waals surface area contributed by atoms with Crippen LogP contribution in [-0.2, 0) is 0 Å². The highest BCUT2D eigenvalue weighted by molar-refractivity contribution is 9.10. The van der Waals surface area contributed by atoms with Crippen molar-refractivity contribution in [1.82, 2.24) is 0 Å². The molecule has 0 aliphatic carbocycles. The molecule has 1 fully saturated rings. The zero-order valence-electron chi connectivity index (χ0n) is 8.53. The number of ether oxygens (including phenoxy) is 2. The summed E-state index contributed by atoms with van der Waals surface area (Å²) in [5, 5.41) is 0. The van der Waals surface area contributed by atoms with Gasteiger partial charge in [-0.2, -0.15) is 11.8 Å². The molecule has 1 aliphatic heterocycles. The first kappa shape index (κ1) is 11.1. The molecule has 1 unspecified atom stereocenters. The molecule has 0 saturated carbocycles. The van der Waals surface area contributed by atoms with Crippen molar-refractivity contribution in [2.24, 2.45) is 0 Å². The lowest BCUT2D eigenvalue weighted by atomic mass is 10.3. The van der Waals surface area contributed by atoms with Gasteiger partial charge in [-0.15, -0.1) is 0 Å². The molecule has 0 N–H and O–H groups in total. The minimum absolute atomic E-state index is 0.332. The Kier molecular flexibility index (Phi) is 3.81. The molecule has 0 aromatic heterocycles. The Morgan fingerprint density at radius 1 is 1.40 bits per heavy atom. The molecule has 2 nitrogen and oxygen atoms in total. The summed E-state index contributed by atoms with van der Waals surface area (Å²) in [6.45, 7) is 0. The van der Waals surface area contributed by atoms with E-state index in [1.54, 1.807) is 7.11 Å². The SMILES string of the molecule is COc1ccc(Br)cc1OC1CCSC1. The molecular weight excluding hydrogens is 276 g/mol. The van der Waals surface area contributed by atoms with Gasteiger partial charge in [0, 0.05) is 10.2 Å². The summed E-state index contributed by atoms with van der Waals surface area (Å²) in [4.78, 5) is 0. The second-order valence-corrected chi connectivity index (χ2v) is 5.46. The van der Waals surface area contributed by atoms with Crippen LogP contribution in [-0.4, -0.2) is 24.7 Å². The first-order chi connectivity index (χ1) is 7.29. The minimum Gasteiger partial charge on any atom is -0.493 e. The second-order valence-electron chi connectivity index (χ2n) is 3.40. The molecule has 1 atom stereocenters. The van der Waals surface area contributed by atoms with Crippen LogP contribution in [0.25, 0.3) is 0 Å². The molecule has 82 valence electrons. The Labute approximate surface area is 102 Å². The molecule has 0 bridgehead atoms. The van der Waals surface area contributed by atoms with Crippen molar-refractivity contribution in [3.8, 4) is 11.5 Å². The fourth-order valence-corrected chi connectivity index (χ4v) is 2.96. The highest BCUT2D eigenvalue weighted by atomic mass is 79.9. The van der Waals surface area contributed by atoms with Crippen molar-refractivity contribution in [2.45, 2.75) is 12.5 Å². The van der Waals surface area contributed by atoms with E-state index < -0.39 is 0 Å². The van der Waals surface area contributed by atoms with Crippen molar-refractivity contribution >= 4 is 27.7 Å². The Bertz CT molecular complexity index is 337. The summed E-state index contributed by atoms with van der Waals surface area (Å²) in [6, 6.07) is 5.83. The van der Waals surface area contributed by atoms with Crippen molar-refractivity contribution in [1.29, 1.82) is 0 Å². The van der Waals surface area contributed by atoms with E-state index in [0.717, 1.165) is 28.1 Å². The van der Waals surface area contributed by atoms with Crippen LogP contribution < -0.4 is 9.47 Å². The van der Waals surface area contributed by atoms with Gasteiger partial charge < -0.3 is 9.47 Å². The van der Waals surface area contributed by atoms with Crippen LogP contribution in [0.2, 0.25) is 0 Å². The maximum atomic E-state index is 5.90. The zero-order valence-corrected chi connectivity index (χ0v) is 10.9. The van der Waals surface area contributed by atoms with Crippen LogP contribution in [0.5, 0.6) is 11.5 Å². The average molecular weight is 289 g/mol. The number of thioether (sulfide) groups is 1. The number of halogens is 1. The van der Waals surface area contributed by atoms with Gasteiger partial charge in [-0.05, 0) is 30.4 Å². The summed E-state index contributed by atoms with van der Waals surface area (Å²) < 4.78 is 12.2. The van der Waals surface area contributed by atoms with E-state index in [1.165, 1.54) is 5.75 Å². The smallest absolute Gasteiger partial charge is 0.162 e. The molecule has 15 heavy (non-hydrogen) atoms. The molecule has 1 aliphatic rings. The third-order valence-corrected chi connectivity index (χ3v) is 3.93. The monoisotopic (exact) mass is 288 g/mol. The van der Waals surface area contributed by atoms with Gasteiger partial charge in [0.15, 0.2) is 11.5 Å². The van der Waals surface area contributed by atoms with Crippen molar-refractivity contribution < 1.29 is 9.47 Å². The van der Waals surface area contributed by atoms with Crippen LogP contribution in [0.1, 0.15) is 6.42 Å². The van der Waals surface area contributed by atoms with Gasteiger partial charge in [-0.25, -0.2) is 0 Å². The zero-order chi connectivity index (χ0) is 10.7. The normalized spacial score (nSPS) is 20.3. The molecule has 1 heterocycles. The van der Waals surface area contributed by atoms with Gasteiger partial charge >= 0.3 is 0 Å². The lowest BCUT2D eigenvalue weighted by molar-refractivity contribution is 0.218. The Hall–Kier alpha value is -0.350. The van der Waals surface area contributed by atoms with E-state index in [0.29, 0.717) is 6.10 Å². The molecule has 2 rings (SSSR count). The number of hydrogen-bond donors (Lipinski definition) is 0. The molecule has 0 radical (unpaired) electrons. The number of benzene rings is 1. The fraction of sp³-hybridized carbons (Fsp3) is 0.455. The molecular formula is C11H13BrO2S. The van der Waals surface area contributed by atoms with Crippen LogP contribution in [0, 0.1) is 0 Å². The average Bonchev–Trinajstić information content (AvgIpc) is 2.71. The largest absolute Gasteiger partial charge is 0.493 e. The van der Waals surface area contributed by atoms with Gasteiger partial charge in [0.2, 0.25) is 0 Å². The predicted octanol–water partition coefficient (Wildman–Crippen LogP) is 3.34. The summed E-state index contributed by atoms with van der Waals surface area (Å²) in [5.41, 5.74) is 0. The number of rotatable bonds is 3. The van der Waals surface area contributed by atoms with Crippen LogP contribution in [0.3, 0.4) is 0 Å².